The van der Waals surface area contributed by atoms with Gasteiger partial charge in [0.05, 0.1) is 11.5 Å². The molecule has 8 rings (SSSR count). The van der Waals surface area contributed by atoms with Crippen LogP contribution in [0.25, 0.3) is 0 Å². The first kappa shape index (κ1) is 36.1. The van der Waals surface area contributed by atoms with Gasteiger partial charge in [-0.05, 0) is 148 Å². The summed E-state index contributed by atoms with van der Waals surface area (Å²) in [4.78, 5) is 9.29. The highest BCUT2D eigenvalue weighted by Crippen LogP contribution is 2.71. The minimum Gasteiger partial charge on any atom is -0.387 e. The number of nitrogens with zero attached hydrogens (tertiary/aromatic N) is 2. The van der Waals surface area contributed by atoms with Crippen molar-refractivity contribution < 1.29 is 0 Å². The van der Waals surface area contributed by atoms with E-state index in [4.69, 9.17) is 11.5 Å². The zero-order chi connectivity index (χ0) is 32.5. The van der Waals surface area contributed by atoms with Crippen LogP contribution < -0.4 is 11.5 Å². The Morgan fingerprint density at radius 2 is 0.891 bits per heavy atom. The summed E-state index contributed by atoms with van der Waals surface area (Å²) in [6.45, 7) is 12.1. The summed E-state index contributed by atoms with van der Waals surface area (Å²) in [5, 5.41) is 0. The molecule has 8 aliphatic rings. The summed E-state index contributed by atoms with van der Waals surface area (Å²) in [6, 6.07) is 0. The summed E-state index contributed by atoms with van der Waals surface area (Å²) >= 11 is 4.68. The van der Waals surface area contributed by atoms with E-state index < -0.39 is 0 Å². The SMILES string of the molecule is C[C@]12CC3CC(SCCCCCN=C(N)CSSCC(N)=NCCCCCSC45CC6C[C@@](C)(C4)C[C@](C)(C6)C5)(C1)C[C@](C)(C3)C2. The van der Waals surface area contributed by atoms with Crippen molar-refractivity contribution in [3.8, 4) is 0 Å². The molecule has 0 heterocycles. The molecule has 0 aromatic heterocycles. The van der Waals surface area contributed by atoms with Crippen LogP contribution in [-0.2, 0) is 0 Å². The van der Waals surface area contributed by atoms with E-state index in [0.29, 0.717) is 31.2 Å². The Morgan fingerprint density at radius 1 is 0.522 bits per heavy atom. The van der Waals surface area contributed by atoms with Gasteiger partial charge in [-0.25, -0.2) is 0 Å². The Labute approximate surface area is 299 Å². The van der Waals surface area contributed by atoms with E-state index in [2.05, 4.69) is 61.2 Å². The van der Waals surface area contributed by atoms with Crippen LogP contribution in [-0.4, -0.2) is 57.3 Å². The van der Waals surface area contributed by atoms with Gasteiger partial charge in [0.1, 0.15) is 11.7 Å². The van der Waals surface area contributed by atoms with Gasteiger partial charge in [0.25, 0.3) is 0 Å². The average Bonchev–Trinajstić information content (AvgIpc) is 2.90. The van der Waals surface area contributed by atoms with E-state index in [1.807, 2.05) is 0 Å². The van der Waals surface area contributed by atoms with E-state index in [-0.39, 0.29) is 0 Å². The maximum absolute atomic E-state index is 6.21. The number of aliphatic imine (C=N–C) groups is 2. The highest BCUT2D eigenvalue weighted by atomic mass is 33.1. The Hall–Kier alpha value is 0.340. The van der Waals surface area contributed by atoms with Gasteiger partial charge < -0.3 is 11.5 Å². The van der Waals surface area contributed by atoms with Crippen molar-refractivity contribution in [3.05, 3.63) is 0 Å². The number of hydrogen-bond donors (Lipinski definition) is 2. The molecule has 4 N–H and O–H groups in total. The van der Waals surface area contributed by atoms with Crippen LogP contribution >= 0.6 is 45.1 Å². The van der Waals surface area contributed by atoms with E-state index in [0.717, 1.165) is 60.9 Å². The Bertz CT molecular complexity index is 1000. The molecule has 6 atom stereocenters. The van der Waals surface area contributed by atoms with Gasteiger partial charge in [-0.15, -0.1) is 0 Å². The molecule has 8 aliphatic carbocycles. The molecule has 4 nitrogen and oxygen atoms in total. The smallest absolute Gasteiger partial charge is 0.105 e. The highest BCUT2D eigenvalue weighted by Gasteiger charge is 2.61. The van der Waals surface area contributed by atoms with Crippen molar-refractivity contribution in [2.24, 2.45) is 54.9 Å². The van der Waals surface area contributed by atoms with E-state index in [1.54, 1.807) is 21.6 Å². The standard InChI is InChI=1S/C38H66N4S4/c1-33-15-29-16-34(2,23-33)26-37(19-29,25-33)43-13-9-5-7-11-41-31(39)21-45-46-22-32(40)42-12-8-6-10-14-44-38-20-30-17-35(3,27-38)24-36(4,18-30)28-38/h29-30H,5-28H2,1-4H3,(H2,39,41)(H2,40,42)/t29?,30?,33-,34-,35-,36+,37?,38?/m1/s1. The molecule has 0 aromatic rings. The first-order chi connectivity index (χ1) is 21.8. The molecule has 0 spiro atoms. The predicted octanol–water partition coefficient (Wildman–Crippen LogP) is 10.4. The van der Waals surface area contributed by atoms with Crippen molar-refractivity contribution in [2.75, 3.05) is 36.1 Å². The van der Waals surface area contributed by atoms with Gasteiger partial charge in [0, 0.05) is 22.6 Å². The lowest BCUT2D eigenvalue weighted by molar-refractivity contribution is -0.0780. The monoisotopic (exact) mass is 706 g/mol. The van der Waals surface area contributed by atoms with Gasteiger partial charge in [-0.1, -0.05) is 62.1 Å². The zero-order valence-electron chi connectivity index (χ0n) is 29.8. The fourth-order valence-electron chi connectivity index (χ4n) is 13.1. The summed E-state index contributed by atoms with van der Waals surface area (Å²) in [7, 11) is 3.51. The number of rotatable bonds is 19. The van der Waals surface area contributed by atoms with Gasteiger partial charge in [0.15, 0.2) is 0 Å². The van der Waals surface area contributed by atoms with E-state index >= 15 is 0 Å². The van der Waals surface area contributed by atoms with E-state index in [1.165, 1.54) is 114 Å². The molecule has 46 heavy (non-hydrogen) atoms. The van der Waals surface area contributed by atoms with Crippen LogP contribution in [0.2, 0.25) is 0 Å². The van der Waals surface area contributed by atoms with Crippen LogP contribution in [0.3, 0.4) is 0 Å². The Morgan fingerprint density at radius 3 is 1.24 bits per heavy atom. The molecule has 2 unspecified atom stereocenters. The molecule has 0 saturated heterocycles. The second-order valence-electron chi connectivity index (χ2n) is 18.7. The second kappa shape index (κ2) is 14.5. The van der Waals surface area contributed by atoms with Crippen molar-refractivity contribution in [1.29, 1.82) is 0 Å². The molecule has 8 saturated carbocycles. The number of nitrogens with two attached hydrogens (primary N) is 2. The van der Waals surface area contributed by atoms with Crippen molar-refractivity contribution >= 4 is 56.8 Å². The average molecular weight is 707 g/mol. The number of amidine groups is 2. The molecule has 8 bridgehead atoms. The number of unbranched alkanes of at least 4 members (excludes halogenated alkanes) is 4. The molecular formula is C38H66N4S4. The third-order valence-electron chi connectivity index (χ3n) is 12.7. The van der Waals surface area contributed by atoms with Crippen molar-refractivity contribution in [1.82, 2.24) is 0 Å². The Kier molecular flexibility index (Phi) is 11.4. The Balaban J connectivity index is 0.752. The van der Waals surface area contributed by atoms with Gasteiger partial charge in [-0.3, -0.25) is 9.98 Å². The van der Waals surface area contributed by atoms with Crippen LogP contribution in [0.5, 0.6) is 0 Å². The maximum atomic E-state index is 6.21. The molecule has 0 aromatic carbocycles. The van der Waals surface area contributed by atoms with E-state index in [9.17, 15) is 0 Å². The third-order valence-corrected chi connectivity index (χ3v) is 18.0. The lowest BCUT2D eigenvalue weighted by atomic mass is 9.45. The summed E-state index contributed by atoms with van der Waals surface area (Å²) in [5.74, 6) is 7.74. The van der Waals surface area contributed by atoms with Gasteiger partial charge in [-0.2, -0.15) is 23.5 Å². The predicted molar refractivity (Wildman–Crippen MR) is 211 cm³/mol. The lowest BCUT2D eigenvalue weighted by Gasteiger charge is -2.65. The minimum absolute atomic E-state index is 0.596. The molecular weight excluding hydrogens is 641 g/mol. The molecule has 262 valence electrons. The molecule has 8 heteroatoms. The van der Waals surface area contributed by atoms with Crippen LogP contribution in [0.15, 0.2) is 9.98 Å². The maximum Gasteiger partial charge on any atom is 0.105 e. The van der Waals surface area contributed by atoms with Crippen molar-refractivity contribution in [2.45, 2.75) is 153 Å². The minimum atomic E-state index is 0.596. The number of thioether (sulfide) groups is 2. The fourth-order valence-corrected chi connectivity index (χ4v) is 19.0. The summed E-state index contributed by atoms with van der Waals surface area (Å²) < 4.78 is 1.19. The summed E-state index contributed by atoms with van der Waals surface area (Å²) in [6.07, 6.45) is 25.4. The first-order valence-electron chi connectivity index (χ1n) is 18.9. The molecule has 0 amide bonds. The zero-order valence-corrected chi connectivity index (χ0v) is 33.1. The first-order valence-corrected chi connectivity index (χ1v) is 23.4. The van der Waals surface area contributed by atoms with Gasteiger partial charge in [0.2, 0.25) is 0 Å². The van der Waals surface area contributed by atoms with Crippen LogP contribution in [0, 0.1) is 33.5 Å². The van der Waals surface area contributed by atoms with Crippen LogP contribution in [0.4, 0.5) is 0 Å². The highest BCUT2D eigenvalue weighted by molar-refractivity contribution is 8.77. The lowest BCUT2D eigenvalue weighted by Crippen LogP contribution is -2.57. The molecule has 0 radical (unpaired) electrons. The fraction of sp³-hybridized carbons (Fsp3) is 0.947. The third kappa shape index (κ3) is 9.16. The normalized spacial score (nSPS) is 42.8. The summed E-state index contributed by atoms with van der Waals surface area (Å²) in [5.41, 5.74) is 14.9. The van der Waals surface area contributed by atoms with Gasteiger partial charge >= 0.3 is 0 Å². The quantitative estimate of drug-likeness (QED) is 0.0603. The number of hydrogen-bond acceptors (Lipinski definition) is 6. The van der Waals surface area contributed by atoms with Crippen LogP contribution in [0.1, 0.15) is 143 Å². The topological polar surface area (TPSA) is 76.8 Å². The molecule has 8 fully saturated rings. The van der Waals surface area contributed by atoms with Crippen molar-refractivity contribution in [3.63, 3.8) is 0 Å². The largest absolute Gasteiger partial charge is 0.387 e. The second-order valence-corrected chi connectivity index (χ2v) is 24.3. The molecule has 0 aliphatic heterocycles.